The number of pyridine rings is 1. The number of nitrogens with zero attached hydrogens (tertiary/aromatic N) is 1. The first-order valence-electron chi connectivity index (χ1n) is 6.35. The fraction of sp³-hybridized carbons (Fsp3) is 0.400. The first kappa shape index (κ1) is 11.5. The highest BCUT2D eigenvalue weighted by molar-refractivity contribution is 5.80. The van der Waals surface area contributed by atoms with Gasteiger partial charge < -0.3 is 9.84 Å². The van der Waals surface area contributed by atoms with E-state index in [1.807, 2.05) is 18.2 Å². The minimum atomic E-state index is -0.420. The molecule has 1 saturated carbocycles. The topological polar surface area (TPSA) is 42.4 Å². The van der Waals surface area contributed by atoms with E-state index < -0.39 is 5.60 Å². The molecule has 1 N–H and O–H groups in total. The molecular weight excluding hydrogens is 226 g/mol. The van der Waals surface area contributed by atoms with Gasteiger partial charge in [0.25, 0.3) is 0 Å². The summed E-state index contributed by atoms with van der Waals surface area (Å²) in [5, 5.41) is 11.0. The third-order valence-corrected chi connectivity index (χ3v) is 3.64. The number of ether oxygens (including phenoxy) is 1. The van der Waals surface area contributed by atoms with Crippen LogP contribution in [0.3, 0.4) is 0 Å². The predicted octanol–water partition coefficient (Wildman–Crippen LogP) is 2.70. The summed E-state index contributed by atoms with van der Waals surface area (Å²) in [6.07, 6.45) is 3.47. The van der Waals surface area contributed by atoms with Crippen molar-refractivity contribution in [2.75, 3.05) is 7.11 Å². The van der Waals surface area contributed by atoms with Crippen LogP contribution in [0.2, 0.25) is 0 Å². The number of aliphatic hydroxyl groups is 1. The molecule has 1 aliphatic rings. The van der Waals surface area contributed by atoms with Crippen LogP contribution in [0, 0.1) is 0 Å². The second-order valence-electron chi connectivity index (χ2n) is 5.07. The summed E-state index contributed by atoms with van der Waals surface area (Å²) in [6, 6.07) is 10.1. The summed E-state index contributed by atoms with van der Waals surface area (Å²) in [5.41, 5.74) is 1.61. The van der Waals surface area contributed by atoms with Crippen LogP contribution in [0.4, 0.5) is 0 Å². The van der Waals surface area contributed by atoms with Gasteiger partial charge in [-0.2, -0.15) is 0 Å². The molecule has 3 nitrogen and oxygen atoms in total. The Morgan fingerprint density at radius 3 is 2.83 bits per heavy atom. The van der Waals surface area contributed by atoms with E-state index in [2.05, 4.69) is 17.1 Å². The molecule has 0 radical (unpaired) electrons. The van der Waals surface area contributed by atoms with Crippen molar-refractivity contribution >= 4 is 10.9 Å². The monoisotopic (exact) mass is 243 g/mol. The lowest BCUT2D eigenvalue weighted by atomic mass is 10.0. The molecule has 1 aliphatic carbocycles. The smallest absolute Gasteiger partial charge is 0.216 e. The average Bonchev–Trinajstić information content (AvgIpc) is 3.14. The van der Waals surface area contributed by atoms with Crippen molar-refractivity contribution < 1.29 is 9.84 Å². The Morgan fingerprint density at radius 2 is 2.11 bits per heavy atom. The lowest BCUT2D eigenvalue weighted by Crippen LogP contribution is -2.08. The van der Waals surface area contributed by atoms with Gasteiger partial charge in [0.2, 0.25) is 5.88 Å². The van der Waals surface area contributed by atoms with Crippen molar-refractivity contribution in [2.45, 2.75) is 31.3 Å². The Balaban J connectivity index is 1.93. The molecule has 0 amide bonds. The minimum absolute atomic E-state index is 0.420. The highest BCUT2D eigenvalue weighted by atomic mass is 16.5. The second kappa shape index (κ2) is 4.25. The standard InChI is InChI=1S/C15H17NO2/c1-18-14-12(6-7-15(17)8-9-15)10-11-4-2-3-5-13(11)16-14/h2-5,10,17H,6-9H2,1H3. The number of rotatable bonds is 4. The summed E-state index contributed by atoms with van der Waals surface area (Å²) in [4.78, 5) is 4.51. The minimum Gasteiger partial charge on any atom is -0.481 e. The van der Waals surface area contributed by atoms with E-state index in [9.17, 15) is 5.11 Å². The molecule has 0 aliphatic heterocycles. The molecule has 0 atom stereocenters. The van der Waals surface area contributed by atoms with Gasteiger partial charge in [-0.15, -0.1) is 0 Å². The Bertz CT molecular complexity index is 576. The number of hydrogen-bond acceptors (Lipinski definition) is 3. The number of aromatic nitrogens is 1. The first-order chi connectivity index (χ1) is 8.70. The maximum absolute atomic E-state index is 9.91. The third-order valence-electron chi connectivity index (χ3n) is 3.64. The van der Waals surface area contributed by atoms with Crippen LogP contribution in [0.25, 0.3) is 10.9 Å². The second-order valence-corrected chi connectivity index (χ2v) is 5.07. The number of para-hydroxylation sites is 1. The summed E-state index contributed by atoms with van der Waals surface area (Å²) in [7, 11) is 1.65. The van der Waals surface area contributed by atoms with Crippen molar-refractivity contribution in [3.8, 4) is 5.88 Å². The summed E-state index contributed by atoms with van der Waals surface area (Å²) >= 11 is 0. The fourth-order valence-corrected chi connectivity index (χ4v) is 2.26. The zero-order valence-corrected chi connectivity index (χ0v) is 10.5. The van der Waals surface area contributed by atoms with E-state index in [0.717, 1.165) is 42.1 Å². The fourth-order valence-electron chi connectivity index (χ4n) is 2.26. The zero-order valence-electron chi connectivity index (χ0n) is 10.5. The van der Waals surface area contributed by atoms with E-state index in [4.69, 9.17) is 4.74 Å². The molecule has 94 valence electrons. The largest absolute Gasteiger partial charge is 0.481 e. The number of hydrogen-bond donors (Lipinski definition) is 1. The van der Waals surface area contributed by atoms with Gasteiger partial charge in [-0.3, -0.25) is 0 Å². The average molecular weight is 243 g/mol. The van der Waals surface area contributed by atoms with Crippen LogP contribution in [-0.2, 0) is 6.42 Å². The number of methoxy groups -OCH3 is 1. The van der Waals surface area contributed by atoms with Crippen molar-refractivity contribution in [3.05, 3.63) is 35.9 Å². The number of fused-ring (bicyclic) bond motifs is 1. The Morgan fingerprint density at radius 1 is 1.33 bits per heavy atom. The number of aryl methyl sites for hydroxylation is 1. The third kappa shape index (κ3) is 2.18. The van der Waals surface area contributed by atoms with Crippen LogP contribution in [0.15, 0.2) is 30.3 Å². The van der Waals surface area contributed by atoms with Gasteiger partial charge in [0.1, 0.15) is 0 Å². The normalized spacial score (nSPS) is 16.8. The van der Waals surface area contributed by atoms with Crippen LogP contribution >= 0.6 is 0 Å². The molecule has 1 aromatic heterocycles. The molecule has 0 saturated heterocycles. The SMILES string of the molecule is COc1nc2ccccc2cc1CCC1(O)CC1. The van der Waals surface area contributed by atoms with Gasteiger partial charge in [-0.05, 0) is 37.8 Å². The van der Waals surface area contributed by atoms with Gasteiger partial charge in [0, 0.05) is 10.9 Å². The molecule has 1 heterocycles. The van der Waals surface area contributed by atoms with Gasteiger partial charge in [-0.1, -0.05) is 18.2 Å². The Kier molecular flexibility index (Phi) is 2.71. The predicted molar refractivity (Wildman–Crippen MR) is 70.8 cm³/mol. The van der Waals surface area contributed by atoms with Gasteiger partial charge in [0.05, 0.1) is 18.2 Å². The molecule has 2 aromatic rings. The molecule has 3 rings (SSSR count). The molecular formula is C15H17NO2. The van der Waals surface area contributed by atoms with Crippen LogP contribution in [0.1, 0.15) is 24.8 Å². The van der Waals surface area contributed by atoms with Crippen LogP contribution in [-0.4, -0.2) is 22.8 Å². The van der Waals surface area contributed by atoms with Crippen molar-refractivity contribution in [2.24, 2.45) is 0 Å². The first-order valence-corrected chi connectivity index (χ1v) is 6.35. The van der Waals surface area contributed by atoms with Crippen LogP contribution in [0.5, 0.6) is 5.88 Å². The quantitative estimate of drug-likeness (QED) is 0.897. The van der Waals surface area contributed by atoms with Crippen LogP contribution < -0.4 is 4.74 Å². The van der Waals surface area contributed by atoms with E-state index in [1.165, 1.54) is 0 Å². The summed E-state index contributed by atoms with van der Waals surface area (Å²) < 4.78 is 5.35. The van der Waals surface area contributed by atoms with Gasteiger partial charge >= 0.3 is 0 Å². The molecule has 0 bridgehead atoms. The molecule has 1 aromatic carbocycles. The Labute approximate surface area is 106 Å². The van der Waals surface area contributed by atoms with Crippen molar-refractivity contribution in [1.82, 2.24) is 4.98 Å². The van der Waals surface area contributed by atoms with E-state index in [-0.39, 0.29) is 0 Å². The summed E-state index contributed by atoms with van der Waals surface area (Å²) in [5.74, 6) is 0.679. The molecule has 0 unspecified atom stereocenters. The Hall–Kier alpha value is -1.61. The van der Waals surface area contributed by atoms with E-state index >= 15 is 0 Å². The van der Waals surface area contributed by atoms with E-state index in [1.54, 1.807) is 7.11 Å². The zero-order chi connectivity index (χ0) is 12.6. The summed E-state index contributed by atoms with van der Waals surface area (Å²) in [6.45, 7) is 0. The highest BCUT2D eigenvalue weighted by Gasteiger charge is 2.39. The highest BCUT2D eigenvalue weighted by Crippen LogP contribution is 2.40. The molecule has 1 fully saturated rings. The molecule has 0 spiro atoms. The lowest BCUT2D eigenvalue weighted by molar-refractivity contribution is 0.140. The van der Waals surface area contributed by atoms with Crippen molar-refractivity contribution in [1.29, 1.82) is 0 Å². The maximum atomic E-state index is 9.91. The van der Waals surface area contributed by atoms with Gasteiger partial charge in [0.15, 0.2) is 0 Å². The van der Waals surface area contributed by atoms with Crippen molar-refractivity contribution in [3.63, 3.8) is 0 Å². The number of benzene rings is 1. The lowest BCUT2D eigenvalue weighted by Gasteiger charge is -2.11. The molecule has 3 heteroatoms. The van der Waals surface area contributed by atoms with E-state index in [0.29, 0.717) is 5.88 Å². The van der Waals surface area contributed by atoms with Gasteiger partial charge in [-0.25, -0.2) is 4.98 Å². The maximum Gasteiger partial charge on any atom is 0.216 e. The molecule has 18 heavy (non-hydrogen) atoms.